The van der Waals surface area contributed by atoms with Crippen molar-refractivity contribution in [3.05, 3.63) is 57.0 Å². The van der Waals surface area contributed by atoms with E-state index in [1.807, 2.05) is 6.07 Å². The van der Waals surface area contributed by atoms with Gasteiger partial charge in [-0.1, -0.05) is 40.9 Å². The molecule has 2 N–H and O–H groups in total. The molecular weight excluding hydrogens is 293 g/mol. The first-order valence-electron chi connectivity index (χ1n) is 5.21. The van der Waals surface area contributed by atoms with Crippen molar-refractivity contribution < 1.29 is 4.74 Å². The lowest BCUT2D eigenvalue weighted by Crippen LogP contribution is -1.97. The van der Waals surface area contributed by atoms with Crippen LogP contribution in [0.3, 0.4) is 0 Å². The van der Waals surface area contributed by atoms with Gasteiger partial charge in [0.25, 0.3) is 0 Å². The zero-order chi connectivity index (χ0) is 13.1. The number of halogens is 3. The van der Waals surface area contributed by atoms with Crippen LogP contribution in [0, 0.1) is 0 Å². The molecular formula is C13H10Cl3NO. The molecule has 0 aliphatic carbocycles. The maximum Gasteiger partial charge on any atom is 0.129 e. The van der Waals surface area contributed by atoms with Crippen molar-refractivity contribution in [2.75, 3.05) is 0 Å². The fraction of sp³-hybridized carbons (Fsp3) is 0.0769. The summed E-state index contributed by atoms with van der Waals surface area (Å²) >= 11 is 17.8. The van der Waals surface area contributed by atoms with Crippen molar-refractivity contribution in [1.29, 1.82) is 0 Å². The van der Waals surface area contributed by atoms with E-state index in [0.29, 0.717) is 33.1 Å². The summed E-state index contributed by atoms with van der Waals surface area (Å²) in [7, 11) is 0. The van der Waals surface area contributed by atoms with E-state index >= 15 is 0 Å². The van der Waals surface area contributed by atoms with Crippen LogP contribution in [0.1, 0.15) is 5.56 Å². The minimum atomic E-state index is 0.395. The highest BCUT2D eigenvalue weighted by Crippen LogP contribution is 2.31. The van der Waals surface area contributed by atoms with Crippen LogP contribution in [0.4, 0.5) is 0 Å². The van der Waals surface area contributed by atoms with Crippen LogP contribution in [0.15, 0.2) is 36.4 Å². The lowest BCUT2D eigenvalue weighted by Gasteiger charge is -2.08. The van der Waals surface area contributed by atoms with E-state index in [1.54, 1.807) is 30.3 Å². The van der Waals surface area contributed by atoms with Crippen molar-refractivity contribution in [2.24, 2.45) is 5.73 Å². The molecule has 0 amide bonds. The molecule has 94 valence electrons. The summed E-state index contributed by atoms with van der Waals surface area (Å²) in [6, 6.07) is 10.4. The number of ether oxygens (including phenoxy) is 1. The third-order valence-corrected chi connectivity index (χ3v) is 3.46. The van der Waals surface area contributed by atoms with Gasteiger partial charge in [0.05, 0.1) is 10.0 Å². The van der Waals surface area contributed by atoms with Crippen molar-refractivity contribution in [1.82, 2.24) is 0 Å². The molecule has 0 bridgehead atoms. The highest BCUT2D eigenvalue weighted by Gasteiger charge is 2.04. The molecule has 0 aromatic heterocycles. The fourth-order valence-corrected chi connectivity index (χ4v) is 1.97. The maximum atomic E-state index is 6.05. The van der Waals surface area contributed by atoms with Gasteiger partial charge in [0.15, 0.2) is 0 Å². The number of nitrogens with two attached hydrogens (primary N) is 1. The molecule has 0 spiro atoms. The minimum Gasteiger partial charge on any atom is -0.457 e. The van der Waals surface area contributed by atoms with E-state index in [-0.39, 0.29) is 0 Å². The summed E-state index contributed by atoms with van der Waals surface area (Å²) in [5, 5.41) is 1.51. The number of rotatable bonds is 3. The average Bonchev–Trinajstić information content (AvgIpc) is 2.34. The molecule has 0 saturated heterocycles. The van der Waals surface area contributed by atoms with E-state index in [4.69, 9.17) is 45.3 Å². The summed E-state index contributed by atoms with van der Waals surface area (Å²) in [6.07, 6.45) is 0. The second kappa shape index (κ2) is 5.81. The van der Waals surface area contributed by atoms with Gasteiger partial charge in [0.2, 0.25) is 0 Å². The molecule has 2 aromatic carbocycles. The Morgan fingerprint density at radius 3 is 2.00 bits per heavy atom. The van der Waals surface area contributed by atoms with E-state index in [9.17, 15) is 0 Å². The number of hydrogen-bond acceptors (Lipinski definition) is 2. The van der Waals surface area contributed by atoms with Crippen LogP contribution >= 0.6 is 34.8 Å². The molecule has 0 fully saturated rings. The Bertz CT molecular complexity index is 572. The molecule has 2 rings (SSSR count). The summed E-state index contributed by atoms with van der Waals surface area (Å²) < 4.78 is 5.63. The Labute approximate surface area is 120 Å². The lowest BCUT2D eigenvalue weighted by molar-refractivity contribution is 0.482. The summed E-state index contributed by atoms with van der Waals surface area (Å²) in [6.45, 7) is 0.395. The lowest BCUT2D eigenvalue weighted by atomic mass is 10.2. The van der Waals surface area contributed by atoms with E-state index in [2.05, 4.69) is 0 Å². The second-order valence-electron chi connectivity index (χ2n) is 3.64. The van der Waals surface area contributed by atoms with Crippen LogP contribution in [-0.2, 0) is 6.54 Å². The van der Waals surface area contributed by atoms with Gasteiger partial charge < -0.3 is 10.5 Å². The number of benzene rings is 2. The third kappa shape index (κ3) is 3.09. The minimum absolute atomic E-state index is 0.395. The first-order valence-corrected chi connectivity index (χ1v) is 6.35. The van der Waals surface area contributed by atoms with Gasteiger partial charge in [-0.05, 0) is 29.8 Å². The van der Waals surface area contributed by atoms with Crippen LogP contribution in [0.5, 0.6) is 11.5 Å². The predicted molar refractivity (Wildman–Crippen MR) is 75.9 cm³/mol. The largest absolute Gasteiger partial charge is 0.457 e. The summed E-state index contributed by atoms with van der Waals surface area (Å²) in [5.41, 5.74) is 6.41. The van der Waals surface area contributed by atoms with Gasteiger partial charge in [-0.15, -0.1) is 0 Å². The van der Waals surface area contributed by atoms with E-state index in [1.165, 1.54) is 0 Å². The van der Waals surface area contributed by atoms with Gasteiger partial charge in [-0.2, -0.15) is 0 Å². The molecule has 0 aliphatic rings. The molecule has 18 heavy (non-hydrogen) atoms. The highest BCUT2D eigenvalue weighted by molar-refractivity contribution is 6.42. The zero-order valence-corrected chi connectivity index (χ0v) is 11.6. The standard InChI is InChI=1S/C13H10Cl3NO/c14-11-4-3-10(6-13(11)16)18-9-2-1-8(7-17)12(15)5-9/h1-6H,7,17H2. The van der Waals surface area contributed by atoms with E-state index < -0.39 is 0 Å². The van der Waals surface area contributed by atoms with Gasteiger partial charge in [0.1, 0.15) is 11.5 Å². The second-order valence-corrected chi connectivity index (χ2v) is 4.86. The average molecular weight is 303 g/mol. The Morgan fingerprint density at radius 2 is 1.44 bits per heavy atom. The monoisotopic (exact) mass is 301 g/mol. The van der Waals surface area contributed by atoms with Crippen LogP contribution < -0.4 is 10.5 Å². The van der Waals surface area contributed by atoms with Crippen LogP contribution in [-0.4, -0.2) is 0 Å². The third-order valence-electron chi connectivity index (χ3n) is 2.37. The van der Waals surface area contributed by atoms with Crippen molar-refractivity contribution in [2.45, 2.75) is 6.54 Å². The Balaban J connectivity index is 2.23. The summed E-state index contributed by atoms with van der Waals surface area (Å²) in [4.78, 5) is 0. The molecule has 0 aliphatic heterocycles. The van der Waals surface area contributed by atoms with Gasteiger partial charge in [-0.3, -0.25) is 0 Å². The van der Waals surface area contributed by atoms with Crippen LogP contribution in [0.2, 0.25) is 15.1 Å². The predicted octanol–water partition coefficient (Wildman–Crippen LogP) is 4.90. The molecule has 0 saturated carbocycles. The van der Waals surface area contributed by atoms with Crippen LogP contribution in [0.25, 0.3) is 0 Å². The van der Waals surface area contributed by atoms with Crippen molar-refractivity contribution in [3.8, 4) is 11.5 Å². The highest BCUT2D eigenvalue weighted by atomic mass is 35.5. The quantitative estimate of drug-likeness (QED) is 0.875. The molecule has 2 aromatic rings. The van der Waals surface area contributed by atoms with Gasteiger partial charge >= 0.3 is 0 Å². The topological polar surface area (TPSA) is 35.2 Å². The Hall–Kier alpha value is -0.930. The van der Waals surface area contributed by atoms with Crippen molar-refractivity contribution in [3.63, 3.8) is 0 Å². The SMILES string of the molecule is NCc1ccc(Oc2ccc(Cl)c(Cl)c2)cc1Cl. The first kappa shape index (κ1) is 13.5. The smallest absolute Gasteiger partial charge is 0.129 e. The van der Waals surface area contributed by atoms with Gasteiger partial charge in [0, 0.05) is 17.6 Å². The molecule has 0 radical (unpaired) electrons. The normalized spacial score (nSPS) is 10.4. The Morgan fingerprint density at radius 1 is 0.833 bits per heavy atom. The fourth-order valence-electron chi connectivity index (χ4n) is 1.43. The summed E-state index contributed by atoms with van der Waals surface area (Å²) in [5.74, 6) is 1.22. The molecule has 0 heterocycles. The molecule has 0 atom stereocenters. The molecule has 0 unspecified atom stereocenters. The maximum absolute atomic E-state index is 6.05. The van der Waals surface area contributed by atoms with E-state index in [0.717, 1.165) is 5.56 Å². The van der Waals surface area contributed by atoms with Gasteiger partial charge in [-0.25, -0.2) is 0 Å². The molecule has 5 heteroatoms. The van der Waals surface area contributed by atoms with Crippen molar-refractivity contribution >= 4 is 34.8 Å². The first-order chi connectivity index (χ1) is 8.60. The molecule has 2 nitrogen and oxygen atoms in total. The number of hydrogen-bond donors (Lipinski definition) is 1. The zero-order valence-electron chi connectivity index (χ0n) is 9.29. The Kier molecular flexibility index (Phi) is 4.36.